The zero-order valence-corrected chi connectivity index (χ0v) is 11.9. The molecule has 0 aliphatic carbocycles. The summed E-state index contributed by atoms with van der Waals surface area (Å²) in [5.41, 5.74) is 8.89. The molecule has 4 nitrogen and oxygen atoms in total. The molecule has 0 atom stereocenters. The topological polar surface area (TPSA) is 68.0 Å². The molecule has 106 valence electrons. The van der Waals surface area contributed by atoms with E-state index < -0.39 is 0 Å². The molecule has 21 heavy (non-hydrogen) atoms. The second-order valence-corrected chi connectivity index (χ2v) is 4.62. The fourth-order valence-electron chi connectivity index (χ4n) is 1.92. The highest BCUT2D eigenvalue weighted by molar-refractivity contribution is 5.93. The summed E-state index contributed by atoms with van der Waals surface area (Å²) in [6.07, 6.45) is 3.69. The molecule has 4 heteroatoms. The SMILES string of the molecule is Cc1cc(C#CCN)ccc1NC(=O)Cc1cccnc1. The first-order valence-corrected chi connectivity index (χ1v) is 6.67. The highest BCUT2D eigenvalue weighted by Gasteiger charge is 2.06. The van der Waals surface area contributed by atoms with Gasteiger partial charge in [0.15, 0.2) is 0 Å². The summed E-state index contributed by atoms with van der Waals surface area (Å²) in [6, 6.07) is 9.36. The molecular formula is C17H17N3O. The molecule has 0 bridgehead atoms. The Balaban J connectivity index is 2.04. The number of carbonyl (C=O) groups is 1. The van der Waals surface area contributed by atoms with E-state index in [2.05, 4.69) is 22.1 Å². The fourth-order valence-corrected chi connectivity index (χ4v) is 1.92. The first kappa shape index (κ1) is 14.8. The molecule has 0 radical (unpaired) electrons. The molecular weight excluding hydrogens is 262 g/mol. The largest absolute Gasteiger partial charge is 0.326 e. The average Bonchev–Trinajstić information content (AvgIpc) is 2.48. The number of nitrogens with zero attached hydrogens (tertiary/aromatic N) is 1. The smallest absolute Gasteiger partial charge is 0.228 e. The lowest BCUT2D eigenvalue weighted by Crippen LogP contribution is -2.15. The van der Waals surface area contributed by atoms with Crippen LogP contribution >= 0.6 is 0 Å². The van der Waals surface area contributed by atoms with Crippen molar-refractivity contribution >= 4 is 11.6 Å². The Kier molecular flexibility index (Phi) is 5.08. The molecule has 0 saturated carbocycles. The molecule has 0 saturated heterocycles. The van der Waals surface area contributed by atoms with E-state index in [4.69, 9.17) is 5.73 Å². The maximum atomic E-state index is 12.0. The Labute approximate surface area is 124 Å². The van der Waals surface area contributed by atoms with E-state index in [0.29, 0.717) is 13.0 Å². The van der Waals surface area contributed by atoms with Gasteiger partial charge in [-0.2, -0.15) is 0 Å². The summed E-state index contributed by atoms with van der Waals surface area (Å²) < 4.78 is 0. The number of aryl methyl sites for hydroxylation is 1. The van der Waals surface area contributed by atoms with Crippen LogP contribution in [0.15, 0.2) is 42.7 Å². The molecule has 1 aromatic carbocycles. The van der Waals surface area contributed by atoms with Gasteiger partial charge in [0.05, 0.1) is 13.0 Å². The van der Waals surface area contributed by atoms with E-state index >= 15 is 0 Å². The molecule has 0 aliphatic rings. The van der Waals surface area contributed by atoms with Crippen LogP contribution < -0.4 is 11.1 Å². The predicted molar refractivity (Wildman–Crippen MR) is 83.7 cm³/mol. The van der Waals surface area contributed by atoms with E-state index in [9.17, 15) is 4.79 Å². The van der Waals surface area contributed by atoms with Crippen LogP contribution in [0.4, 0.5) is 5.69 Å². The van der Waals surface area contributed by atoms with Crippen molar-refractivity contribution < 1.29 is 4.79 Å². The van der Waals surface area contributed by atoms with Crippen LogP contribution in [-0.4, -0.2) is 17.4 Å². The van der Waals surface area contributed by atoms with E-state index in [0.717, 1.165) is 22.4 Å². The van der Waals surface area contributed by atoms with E-state index in [1.807, 2.05) is 37.3 Å². The van der Waals surface area contributed by atoms with Gasteiger partial charge in [-0.3, -0.25) is 9.78 Å². The first-order chi connectivity index (χ1) is 10.2. The molecule has 3 N–H and O–H groups in total. The Morgan fingerprint density at radius 3 is 2.90 bits per heavy atom. The standard InChI is InChI=1S/C17H17N3O/c1-13-10-14(4-2-8-18)6-7-16(13)20-17(21)11-15-5-3-9-19-12-15/h3,5-7,9-10,12H,8,11,18H2,1H3,(H,20,21). The van der Waals surface area contributed by atoms with Crippen LogP contribution in [0.2, 0.25) is 0 Å². The number of carbonyl (C=O) groups excluding carboxylic acids is 1. The van der Waals surface area contributed by atoms with Crippen molar-refractivity contribution in [3.05, 3.63) is 59.4 Å². The van der Waals surface area contributed by atoms with Gasteiger partial charge in [0.1, 0.15) is 0 Å². The van der Waals surface area contributed by atoms with Crippen molar-refractivity contribution in [3.63, 3.8) is 0 Å². The summed E-state index contributed by atoms with van der Waals surface area (Å²) in [5.74, 6) is 5.71. The predicted octanol–water partition coefficient (Wildman–Crippen LogP) is 1.88. The summed E-state index contributed by atoms with van der Waals surface area (Å²) in [4.78, 5) is 16.0. The van der Waals surface area contributed by atoms with Crippen molar-refractivity contribution in [2.45, 2.75) is 13.3 Å². The second kappa shape index (κ2) is 7.22. The molecule has 2 rings (SSSR count). The van der Waals surface area contributed by atoms with Gasteiger partial charge in [-0.25, -0.2) is 0 Å². The number of nitrogens with two attached hydrogens (primary N) is 1. The molecule has 0 spiro atoms. The number of rotatable bonds is 3. The highest BCUT2D eigenvalue weighted by atomic mass is 16.1. The molecule has 1 aromatic heterocycles. The number of aromatic nitrogens is 1. The van der Waals surface area contributed by atoms with E-state index in [1.165, 1.54) is 0 Å². The summed E-state index contributed by atoms with van der Waals surface area (Å²) in [7, 11) is 0. The number of nitrogens with one attached hydrogen (secondary N) is 1. The van der Waals surface area contributed by atoms with E-state index in [-0.39, 0.29) is 5.91 Å². The van der Waals surface area contributed by atoms with Gasteiger partial charge in [-0.1, -0.05) is 17.9 Å². The number of hydrogen-bond acceptors (Lipinski definition) is 3. The summed E-state index contributed by atoms with van der Waals surface area (Å²) in [6.45, 7) is 2.27. The monoisotopic (exact) mass is 279 g/mol. The number of benzene rings is 1. The minimum absolute atomic E-state index is 0.0631. The van der Waals surface area contributed by atoms with Crippen LogP contribution in [0.25, 0.3) is 0 Å². The highest BCUT2D eigenvalue weighted by Crippen LogP contribution is 2.16. The minimum Gasteiger partial charge on any atom is -0.326 e. The number of amides is 1. The third-order valence-corrected chi connectivity index (χ3v) is 2.92. The Bertz CT molecular complexity index is 684. The lowest BCUT2D eigenvalue weighted by Gasteiger charge is -2.08. The summed E-state index contributed by atoms with van der Waals surface area (Å²) in [5, 5.41) is 2.90. The van der Waals surface area contributed by atoms with E-state index in [1.54, 1.807) is 12.4 Å². The Hall–Kier alpha value is -2.64. The normalized spacial score (nSPS) is 9.62. The van der Waals surface area contributed by atoms with Crippen molar-refractivity contribution in [1.82, 2.24) is 4.98 Å². The van der Waals surface area contributed by atoms with Gasteiger partial charge >= 0.3 is 0 Å². The summed E-state index contributed by atoms with van der Waals surface area (Å²) >= 11 is 0. The van der Waals surface area contributed by atoms with Gasteiger partial charge in [0.2, 0.25) is 5.91 Å². The average molecular weight is 279 g/mol. The van der Waals surface area contributed by atoms with Crippen LogP contribution in [-0.2, 0) is 11.2 Å². The molecule has 0 fully saturated rings. The van der Waals surface area contributed by atoms with Crippen molar-refractivity contribution in [2.24, 2.45) is 5.73 Å². The van der Waals surface area contributed by atoms with Gasteiger partial charge in [-0.15, -0.1) is 0 Å². The lowest BCUT2D eigenvalue weighted by molar-refractivity contribution is -0.115. The van der Waals surface area contributed by atoms with Crippen molar-refractivity contribution in [2.75, 3.05) is 11.9 Å². The second-order valence-electron chi connectivity index (χ2n) is 4.62. The van der Waals surface area contributed by atoms with Crippen LogP contribution in [0.3, 0.4) is 0 Å². The molecule has 0 aliphatic heterocycles. The van der Waals surface area contributed by atoms with Crippen LogP contribution in [0.1, 0.15) is 16.7 Å². The third-order valence-electron chi connectivity index (χ3n) is 2.92. The van der Waals surface area contributed by atoms with Crippen LogP contribution in [0, 0.1) is 18.8 Å². The molecule has 2 aromatic rings. The minimum atomic E-state index is -0.0631. The van der Waals surface area contributed by atoms with Gasteiger partial charge < -0.3 is 11.1 Å². The Morgan fingerprint density at radius 2 is 2.24 bits per heavy atom. The fraction of sp³-hybridized carbons (Fsp3) is 0.176. The van der Waals surface area contributed by atoms with Gasteiger partial charge in [-0.05, 0) is 42.3 Å². The maximum absolute atomic E-state index is 12.0. The zero-order valence-electron chi connectivity index (χ0n) is 11.9. The number of anilines is 1. The quantitative estimate of drug-likeness (QED) is 0.843. The lowest BCUT2D eigenvalue weighted by atomic mass is 10.1. The molecule has 1 amide bonds. The number of hydrogen-bond donors (Lipinski definition) is 2. The third kappa shape index (κ3) is 4.44. The number of pyridine rings is 1. The molecule has 0 unspecified atom stereocenters. The van der Waals surface area contributed by atoms with Crippen molar-refractivity contribution in [1.29, 1.82) is 0 Å². The zero-order chi connectivity index (χ0) is 15.1. The van der Waals surface area contributed by atoms with Gasteiger partial charge in [0, 0.05) is 23.6 Å². The van der Waals surface area contributed by atoms with Gasteiger partial charge in [0.25, 0.3) is 0 Å². The van der Waals surface area contributed by atoms with Crippen molar-refractivity contribution in [3.8, 4) is 11.8 Å². The Morgan fingerprint density at radius 1 is 1.38 bits per heavy atom. The molecule has 1 heterocycles. The first-order valence-electron chi connectivity index (χ1n) is 6.67. The van der Waals surface area contributed by atoms with Crippen LogP contribution in [0.5, 0.6) is 0 Å². The maximum Gasteiger partial charge on any atom is 0.228 e.